The molecule has 7 heteroatoms. The van der Waals surface area contributed by atoms with E-state index >= 15 is 0 Å². The molecule has 0 saturated heterocycles. The van der Waals surface area contributed by atoms with Crippen LogP contribution in [0.2, 0.25) is 0 Å². The van der Waals surface area contributed by atoms with Gasteiger partial charge in [-0.05, 0) is 24.6 Å². The van der Waals surface area contributed by atoms with Gasteiger partial charge in [-0.1, -0.05) is 6.07 Å². The zero-order valence-electron chi connectivity index (χ0n) is 8.33. The van der Waals surface area contributed by atoms with E-state index in [9.17, 15) is 8.42 Å². The Morgan fingerprint density at radius 3 is 2.44 bits per heavy atom. The van der Waals surface area contributed by atoms with Crippen LogP contribution in [0.4, 0.5) is 0 Å². The van der Waals surface area contributed by atoms with Crippen LogP contribution in [0.1, 0.15) is 5.56 Å². The molecule has 1 aromatic carbocycles. The van der Waals surface area contributed by atoms with Crippen LogP contribution < -0.4 is 0 Å². The monoisotopic (exact) mass is 257 g/mol. The van der Waals surface area contributed by atoms with Crippen LogP contribution in [-0.4, -0.2) is 23.4 Å². The Balaban J connectivity index is 2.73. The third-order valence-corrected chi connectivity index (χ3v) is 3.38. The lowest BCUT2D eigenvalue weighted by molar-refractivity contribution is 0.607. The van der Waals surface area contributed by atoms with Crippen molar-refractivity contribution in [3.63, 3.8) is 0 Å². The summed E-state index contributed by atoms with van der Waals surface area (Å²) in [5, 5.41) is 7.77. The zero-order valence-corrected chi connectivity index (χ0v) is 9.90. The van der Waals surface area contributed by atoms with Gasteiger partial charge in [0, 0.05) is 10.7 Å². The highest BCUT2D eigenvalue weighted by Crippen LogP contribution is 2.23. The van der Waals surface area contributed by atoms with Crippen LogP contribution in [0.3, 0.4) is 0 Å². The lowest BCUT2D eigenvalue weighted by atomic mass is 10.2. The summed E-state index contributed by atoms with van der Waals surface area (Å²) in [5.74, 6) is 0. The van der Waals surface area contributed by atoms with Crippen LogP contribution in [0, 0.1) is 6.92 Å². The molecule has 0 aliphatic carbocycles. The average molecular weight is 258 g/mol. The third kappa shape index (κ3) is 2.07. The lowest BCUT2D eigenvalue weighted by Crippen LogP contribution is -2.05. The molecule has 0 aliphatic rings. The number of halogens is 1. The highest BCUT2D eigenvalue weighted by atomic mass is 35.7. The summed E-state index contributed by atoms with van der Waals surface area (Å²) in [4.78, 5) is 1.22. The van der Waals surface area contributed by atoms with Gasteiger partial charge in [-0.25, -0.2) is 8.42 Å². The molecule has 5 nitrogen and oxygen atoms in total. The quantitative estimate of drug-likeness (QED) is 0.765. The van der Waals surface area contributed by atoms with Gasteiger partial charge in [0.2, 0.25) is 0 Å². The van der Waals surface area contributed by atoms with E-state index in [4.69, 9.17) is 10.7 Å². The Morgan fingerprint density at radius 1 is 1.25 bits per heavy atom. The van der Waals surface area contributed by atoms with E-state index in [1.54, 1.807) is 12.1 Å². The minimum Gasteiger partial charge on any atom is -0.207 e. The Hall–Kier alpha value is -1.40. The molecule has 2 rings (SSSR count). The van der Waals surface area contributed by atoms with E-state index < -0.39 is 9.05 Å². The van der Waals surface area contributed by atoms with E-state index in [2.05, 4.69) is 10.2 Å². The van der Waals surface area contributed by atoms with Gasteiger partial charge in [-0.3, -0.25) is 0 Å². The van der Waals surface area contributed by atoms with Crippen molar-refractivity contribution in [2.75, 3.05) is 0 Å². The number of benzene rings is 1. The summed E-state index contributed by atoms with van der Waals surface area (Å²) < 4.78 is 22.7. The Morgan fingerprint density at radius 2 is 1.88 bits per heavy atom. The van der Waals surface area contributed by atoms with Gasteiger partial charge in [0.25, 0.3) is 9.05 Å². The minimum absolute atomic E-state index is 0.00373. The summed E-state index contributed by atoms with van der Waals surface area (Å²) in [5.41, 5.74) is 1.25. The topological polar surface area (TPSA) is 64.8 Å². The van der Waals surface area contributed by atoms with Gasteiger partial charge in [-0.15, -0.1) is 0 Å². The molecule has 0 spiro atoms. The van der Waals surface area contributed by atoms with Crippen LogP contribution in [-0.2, 0) is 9.05 Å². The molecule has 0 atom stereocenters. The molecule has 1 heterocycles. The van der Waals surface area contributed by atoms with Crippen molar-refractivity contribution < 1.29 is 8.42 Å². The first-order valence-corrected chi connectivity index (χ1v) is 6.71. The first kappa shape index (κ1) is 11.1. The molecular formula is C9H8ClN3O2S. The summed E-state index contributed by atoms with van der Waals surface area (Å²) in [6, 6.07) is 4.77. The van der Waals surface area contributed by atoms with Crippen molar-refractivity contribution in [3.05, 3.63) is 36.2 Å². The fraction of sp³-hybridized carbons (Fsp3) is 0.111. The number of rotatable bonds is 2. The van der Waals surface area contributed by atoms with E-state index in [0.717, 1.165) is 5.56 Å². The molecular weight excluding hydrogens is 250 g/mol. The second-order valence-electron chi connectivity index (χ2n) is 3.23. The molecule has 0 fully saturated rings. The second-order valence-corrected chi connectivity index (χ2v) is 5.76. The number of hydrogen-bond donors (Lipinski definition) is 0. The van der Waals surface area contributed by atoms with Crippen LogP contribution in [0.5, 0.6) is 0 Å². The fourth-order valence-electron chi connectivity index (χ4n) is 1.33. The van der Waals surface area contributed by atoms with E-state index in [-0.39, 0.29) is 4.90 Å². The molecule has 0 radical (unpaired) electrons. The summed E-state index contributed by atoms with van der Waals surface area (Å²) >= 11 is 0. The third-order valence-electron chi connectivity index (χ3n) is 2.01. The summed E-state index contributed by atoms with van der Waals surface area (Å²) in [7, 11) is 1.53. The molecule has 0 bridgehead atoms. The Bertz CT molecular complexity index is 608. The molecule has 0 amide bonds. The molecule has 0 aliphatic heterocycles. The smallest absolute Gasteiger partial charge is 0.207 e. The Labute approximate surface area is 97.1 Å². The fourth-order valence-corrected chi connectivity index (χ4v) is 2.34. The predicted octanol–water partition coefficient (Wildman–Crippen LogP) is 1.50. The lowest BCUT2D eigenvalue weighted by Gasteiger charge is -2.06. The first-order valence-electron chi connectivity index (χ1n) is 4.40. The minimum atomic E-state index is -3.80. The highest BCUT2D eigenvalue weighted by molar-refractivity contribution is 8.13. The highest BCUT2D eigenvalue weighted by Gasteiger charge is 2.17. The number of aromatic nitrogens is 3. The van der Waals surface area contributed by atoms with Gasteiger partial charge >= 0.3 is 0 Å². The van der Waals surface area contributed by atoms with Gasteiger partial charge in [0.15, 0.2) is 0 Å². The van der Waals surface area contributed by atoms with Gasteiger partial charge in [0.1, 0.15) is 10.6 Å². The SMILES string of the molecule is Cc1ccc(S(=O)(=O)Cl)c(-n2nccn2)c1. The molecule has 2 aromatic rings. The van der Waals surface area contributed by atoms with Crippen LogP contribution in [0.25, 0.3) is 5.69 Å². The molecule has 0 saturated carbocycles. The van der Waals surface area contributed by atoms with E-state index in [1.165, 1.54) is 23.3 Å². The van der Waals surface area contributed by atoms with Crippen molar-refractivity contribution in [3.8, 4) is 5.69 Å². The van der Waals surface area contributed by atoms with Crippen molar-refractivity contribution in [2.45, 2.75) is 11.8 Å². The molecule has 84 valence electrons. The largest absolute Gasteiger partial charge is 0.263 e. The van der Waals surface area contributed by atoms with Crippen LogP contribution >= 0.6 is 10.7 Å². The maximum Gasteiger partial charge on any atom is 0.263 e. The van der Waals surface area contributed by atoms with Crippen molar-refractivity contribution in [1.82, 2.24) is 15.0 Å². The standard InChI is InChI=1S/C9H8ClN3O2S/c1-7-2-3-9(16(10,14)15)8(6-7)13-11-4-5-12-13/h2-6H,1H3. The second kappa shape index (κ2) is 3.88. The predicted molar refractivity (Wildman–Crippen MR) is 59.1 cm³/mol. The van der Waals surface area contributed by atoms with E-state index in [0.29, 0.717) is 5.69 Å². The van der Waals surface area contributed by atoms with Gasteiger partial charge in [-0.2, -0.15) is 15.0 Å². The van der Waals surface area contributed by atoms with Gasteiger partial charge < -0.3 is 0 Å². The zero-order chi connectivity index (χ0) is 11.8. The normalized spacial score (nSPS) is 11.6. The molecule has 0 unspecified atom stereocenters. The molecule has 1 aromatic heterocycles. The van der Waals surface area contributed by atoms with E-state index in [1.807, 2.05) is 6.92 Å². The Kier molecular flexibility index (Phi) is 2.69. The summed E-state index contributed by atoms with van der Waals surface area (Å²) in [6.45, 7) is 1.84. The number of nitrogens with zero attached hydrogens (tertiary/aromatic N) is 3. The average Bonchev–Trinajstić information content (AvgIpc) is 2.68. The molecule has 0 N–H and O–H groups in total. The van der Waals surface area contributed by atoms with Crippen molar-refractivity contribution >= 4 is 19.7 Å². The maximum atomic E-state index is 11.4. The molecule has 16 heavy (non-hydrogen) atoms. The van der Waals surface area contributed by atoms with Crippen molar-refractivity contribution in [1.29, 1.82) is 0 Å². The van der Waals surface area contributed by atoms with Gasteiger partial charge in [0.05, 0.1) is 12.4 Å². The van der Waals surface area contributed by atoms with Crippen molar-refractivity contribution in [2.24, 2.45) is 0 Å². The summed E-state index contributed by atoms with van der Waals surface area (Å²) in [6.07, 6.45) is 2.93. The number of aryl methyl sites for hydroxylation is 1. The van der Waals surface area contributed by atoms with Crippen LogP contribution in [0.15, 0.2) is 35.5 Å². The maximum absolute atomic E-state index is 11.4. The first-order chi connectivity index (χ1) is 7.48. The number of hydrogen-bond acceptors (Lipinski definition) is 4.